The average Bonchev–Trinajstić information content (AvgIpc) is 3.91. The topological polar surface area (TPSA) is 80.9 Å². The predicted molar refractivity (Wildman–Crippen MR) is 193 cm³/mol. The molecule has 2 N–H and O–H groups in total. The van der Waals surface area contributed by atoms with Crippen LogP contribution in [0.25, 0.3) is 0 Å². The first-order chi connectivity index (χ1) is 22.5. The molecule has 4 heterocycles. The second kappa shape index (κ2) is 19.3. The zero-order valence-electron chi connectivity index (χ0n) is 25.9. The summed E-state index contributed by atoms with van der Waals surface area (Å²) in [5, 5.41) is 0. The lowest BCUT2D eigenvalue weighted by atomic mass is 10.2. The number of anilines is 2. The minimum atomic E-state index is -0.922. The van der Waals surface area contributed by atoms with Gasteiger partial charge in [-0.3, -0.25) is 4.21 Å². The first-order valence-electron chi connectivity index (χ1n) is 14.4. The van der Waals surface area contributed by atoms with E-state index in [2.05, 4.69) is 131 Å². The molecular weight excluding hydrogens is 621 g/mol. The van der Waals surface area contributed by atoms with Crippen molar-refractivity contribution in [1.82, 2.24) is 19.9 Å². The van der Waals surface area contributed by atoms with Crippen molar-refractivity contribution in [3.8, 4) is 0 Å². The van der Waals surface area contributed by atoms with Gasteiger partial charge in [0.25, 0.3) is 0 Å². The van der Waals surface area contributed by atoms with Gasteiger partial charge in [-0.15, -0.1) is 11.8 Å². The summed E-state index contributed by atoms with van der Waals surface area (Å²) in [7, 11) is -0.922. The summed E-state index contributed by atoms with van der Waals surface area (Å²) in [4.78, 5) is 21.3. The maximum atomic E-state index is 11.5. The third-order valence-electron chi connectivity index (χ3n) is 7.05. The molecule has 9 heteroatoms. The van der Waals surface area contributed by atoms with Crippen LogP contribution in [0.3, 0.4) is 0 Å². The van der Waals surface area contributed by atoms with Crippen molar-refractivity contribution in [2.45, 2.75) is 43.1 Å². The van der Waals surface area contributed by atoms with Crippen LogP contribution < -0.4 is 9.80 Å². The molecule has 238 valence electrons. The molecule has 7 nitrogen and oxygen atoms in total. The van der Waals surface area contributed by atoms with E-state index in [1.165, 1.54) is 33.1 Å². The van der Waals surface area contributed by atoms with Gasteiger partial charge in [0.1, 0.15) is 0 Å². The highest BCUT2D eigenvalue weighted by Crippen LogP contribution is 2.33. The van der Waals surface area contributed by atoms with E-state index in [0.717, 1.165) is 49.6 Å². The largest absolute Gasteiger partial charge is 0.365 e. The quantitative estimate of drug-likeness (QED) is 0.168. The summed E-state index contributed by atoms with van der Waals surface area (Å²) in [6.07, 6.45) is 13.2. The smallest absolute Gasteiger partial charge is 0.0922 e. The van der Waals surface area contributed by atoms with Gasteiger partial charge in [0, 0.05) is 63.7 Å². The Morgan fingerprint density at radius 3 is 1.72 bits per heavy atom. The molecule has 0 amide bonds. The first kappa shape index (κ1) is 36.2. The fraction of sp³-hybridized carbons (Fsp3) is 0.237. The molecule has 1 unspecified atom stereocenters. The Balaban J connectivity index is 0.000000196. The van der Waals surface area contributed by atoms with Crippen LogP contribution in [0.15, 0.2) is 136 Å². The average molecular weight is 659 g/mol. The molecule has 0 saturated heterocycles. The molecule has 0 aliphatic carbocycles. The fourth-order valence-electron chi connectivity index (χ4n) is 4.88. The summed E-state index contributed by atoms with van der Waals surface area (Å²) >= 11 is 1.80. The van der Waals surface area contributed by atoms with E-state index in [9.17, 15) is 4.21 Å². The van der Waals surface area contributed by atoms with Gasteiger partial charge in [-0.05, 0) is 108 Å². The third kappa shape index (κ3) is 10.9. The maximum absolute atomic E-state index is 11.5. The minimum Gasteiger partial charge on any atom is -0.365 e. The standard InChI is InChI=1S/C13H15N3OS.C13H15N3S.C11H4.CH4/c1-18(17)12-3-2-10-4-5-16(13(10)6-12)8-11-7-14-9-15-11;1-17-12-3-2-10-4-5-16(13(10)6-12)8-11-7-14-9-15-11;1-3-5-7-9-11-10-8-6-4-2;/h2-3,6-7,9H,4-5,8H2,1H3,(H,14,15);2-3,6-7,9H,4-5,8H2,1H3,(H,14,15);1-2H2;1H4. The third-order valence-corrected chi connectivity index (χ3v) is 8.69. The molecule has 0 radical (unpaired) electrons. The second-order valence-electron chi connectivity index (χ2n) is 9.96. The van der Waals surface area contributed by atoms with Crippen LogP contribution >= 0.6 is 11.8 Å². The molecule has 6 rings (SSSR count). The number of thioether (sulfide) groups is 1. The summed E-state index contributed by atoms with van der Waals surface area (Å²) in [6, 6.07) is 12.9. The number of nitrogens with zero attached hydrogens (tertiary/aromatic N) is 4. The number of aromatic nitrogens is 4. The van der Waals surface area contributed by atoms with Crippen molar-refractivity contribution in [1.29, 1.82) is 0 Å². The van der Waals surface area contributed by atoms with Gasteiger partial charge >= 0.3 is 0 Å². The number of rotatable bonds is 6. The zero-order chi connectivity index (χ0) is 32.6. The van der Waals surface area contributed by atoms with E-state index in [0.29, 0.717) is 0 Å². The van der Waals surface area contributed by atoms with Crippen molar-refractivity contribution < 1.29 is 4.21 Å². The highest BCUT2D eigenvalue weighted by Gasteiger charge is 2.21. The fourth-order valence-corrected chi connectivity index (χ4v) is 5.85. The lowest BCUT2D eigenvalue weighted by Gasteiger charge is -2.18. The number of H-pyrrole nitrogens is 2. The van der Waals surface area contributed by atoms with Crippen LogP contribution in [0.2, 0.25) is 0 Å². The molecule has 1 atom stereocenters. The van der Waals surface area contributed by atoms with Crippen molar-refractivity contribution >= 4 is 33.9 Å². The Bertz CT molecular complexity index is 1950. The van der Waals surface area contributed by atoms with Gasteiger partial charge in [-0.2, -0.15) is 0 Å². The Morgan fingerprint density at radius 2 is 1.28 bits per heavy atom. The zero-order valence-corrected chi connectivity index (χ0v) is 27.6. The highest BCUT2D eigenvalue weighted by molar-refractivity contribution is 7.98. The lowest BCUT2D eigenvalue weighted by Crippen LogP contribution is -2.19. The molecule has 2 aromatic carbocycles. The SMILES string of the molecule is C.C=C=C=C=C=C=C=C=C=C=C.CS(=O)c1ccc2c(c1)N(Cc1cnc[nH]1)CC2.CSc1ccc2c(c1)N(Cc1cnc[nH]1)CC2. The molecule has 0 saturated carbocycles. The molecule has 0 fully saturated rings. The van der Waals surface area contributed by atoms with Crippen LogP contribution in [0.4, 0.5) is 11.4 Å². The molecule has 0 bridgehead atoms. The molecule has 0 spiro atoms. The number of imidazole rings is 2. The van der Waals surface area contributed by atoms with Crippen LogP contribution in [0.1, 0.15) is 29.9 Å². The molecule has 47 heavy (non-hydrogen) atoms. The van der Waals surface area contributed by atoms with Crippen LogP contribution in [0.5, 0.6) is 0 Å². The van der Waals surface area contributed by atoms with Crippen molar-refractivity contribution in [2.75, 3.05) is 35.4 Å². The highest BCUT2D eigenvalue weighted by atomic mass is 32.2. The van der Waals surface area contributed by atoms with E-state index in [-0.39, 0.29) is 7.43 Å². The van der Waals surface area contributed by atoms with Gasteiger partial charge in [0.15, 0.2) is 0 Å². The molecule has 2 aliphatic rings. The Kier molecular flexibility index (Phi) is 14.8. The normalized spacial score (nSPS) is 12.0. The Labute approximate surface area is 284 Å². The van der Waals surface area contributed by atoms with E-state index in [1.807, 2.05) is 18.5 Å². The molecule has 2 aliphatic heterocycles. The van der Waals surface area contributed by atoms with Gasteiger partial charge in [-0.25, -0.2) is 9.97 Å². The monoisotopic (exact) mass is 658 g/mol. The molecular formula is C38H38N6OS2. The summed E-state index contributed by atoms with van der Waals surface area (Å²) in [5.74, 6) is 0. The second-order valence-corrected chi connectivity index (χ2v) is 12.2. The van der Waals surface area contributed by atoms with E-state index < -0.39 is 10.8 Å². The number of nitrogens with one attached hydrogen (secondary N) is 2. The minimum absolute atomic E-state index is 0. The molecule has 2 aromatic heterocycles. The lowest BCUT2D eigenvalue weighted by molar-refractivity contribution is 0.687. The van der Waals surface area contributed by atoms with Gasteiger partial charge < -0.3 is 19.8 Å². The number of fused-ring (bicyclic) bond motifs is 2. The predicted octanol–water partition coefficient (Wildman–Crippen LogP) is 7.24. The molecule has 4 aromatic rings. The van der Waals surface area contributed by atoms with Gasteiger partial charge in [0.2, 0.25) is 0 Å². The van der Waals surface area contributed by atoms with E-state index >= 15 is 0 Å². The van der Waals surface area contributed by atoms with Gasteiger partial charge in [0.05, 0.1) is 37.1 Å². The van der Waals surface area contributed by atoms with Crippen molar-refractivity contribution in [3.63, 3.8) is 0 Å². The van der Waals surface area contributed by atoms with E-state index in [1.54, 1.807) is 30.7 Å². The summed E-state index contributed by atoms with van der Waals surface area (Å²) in [5.41, 5.74) is 29.6. The first-order valence-corrected chi connectivity index (χ1v) is 17.2. The van der Waals surface area contributed by atoms with Crippen LogP contribution in [-0.4, -0.2) is 49.7 Å². The number of aromatic amines is 2. The van der Waals surface area contributed by atoms with Gasteiger partial charge in [-0.1, -0.05) is 31.0 Å². The van der Waals surface area contributed by atoms with Crippen LogP contribution in [-0.2, 0) is 36.7 Å². The number of benzene rings is 2. The van der Waals surface area contributed by atoms with Crippen LogP contribution in [0, 0.1) is 0 Å². The van der Waals surface area contributed by atoms with Crippen molar-refractivity contribution in [2.24, 2.45) is 0 Å². The number of hydrogen-bond donors (Lipinski definition) is 2. The number of hydrogen-bond acceptors (Lipinski definition) is 6. The van der Waals surface area contributed by atoms with E-state index in [4.69, 9.17) is 0 Å². The summed E-state index contributed by atoms with van der Waals surface area (Å²) in [6.45, 7) is 10.4. The van der Waals surface area contributed by atoms with Crippen molar-refractivity contribution in [3.05, 3.63) is 149 Å². The maximum Gasteiger partial charge on any atom is 0.0922 e. The Hall–Kier alpha value is -5.28. The Morgan fingerprint density at radius 1 is 0.787 bits per heavy atom. The summed E-state index contributed by atoms with van der Waals surface area (Å²) < 4.78 is 11.5.